The second-order valence-electron chi connectivity index (χ2n) is 4.68. The summed E-state index contributed by atoms with van der Waals surface area (Å²) in [7, 11) is 0. The number of nitrogens with one attached hydrogen (secondary N) is 1. The van der Waals surface area contributed by atoms with Crippen molar-refractivity contribution >= 4 is 34.7 Å². The van der Waals surface area contributed by atoms with E-state index in [0.717, 1.165) is 16.5 Å². The van der Waals surface area contributed by atoms with Gasteiger partial charge in [-0.25, -0.2) is 0 Å². The lowest BCUT2D eigenvalue weighted by atomic mass is 10.1. The fourth-order valence-electron chi connectivity index (χ4n) is 2.24. The zero-order valence-electron chi connectivity index (χ0n) is 11.6. The molecule has 1 amide bonds. The lowest BCUT2D eigenvalue weighted by molar-refractivity contribution is -0.138. The Morgan fingerprint density at radius 1 is 1.43 bits per heavy atom. The molecule has 0 radical (unpaired) electrons. The van der Waals surface area contributed by atoms with Crippen molar-refractivity contribution < 1.29 is 14.7 Å². The molecule has 7 heteroatoms. The van der Waals surface area contributed by atoms with Gasteiger partial charge >= 0.3 is 5.97 Å². The summed E-state index contributed by atoms with van der Waals surface area (Å²) in [4.78, 5) is 22.6. The number of rotatable bonds is 6. The van der Waals surface area contributed by atoms with Crippen LogP contribution in [0.2, 0.25) is 0 Å². The molecule has 1 unspecified atom stereocenters. The van der Waals surface area contributed by atoms with E-state index in [9.17, 15) is 9.59 Å². The molecule has 6 nitrogen and oxygen atoms in total. The van der Waals surface area contributed by atoms with Crippen molar-refractivity contribution in [3.05, 3.63) is 36.0 Å². The van der Waals surface area contributed by atoms with Gasteiger partial charge in [-0.2, -0.15) is 0 Å². The van der Waals surface area contributed by atoms with Gasteiger partial charge in [-0.1, -0.05) is 30.1 Å². The summed E-state index contributed by atoms with van der Waals surface area (Å²) in [6, 6.07) is 6.61. The Labute approximate surface area is 126 Å². The maximum absolute atomic E-state index is 11.7. The minimum absolute atomic E-state index is 0.114. The molecule has 0 bridgehead atoms. The second kappa shape index (κ2) is 6.64. The van der Waals surface area contributed by atoms with Gasteiger partial charge in [0.15, 0.2) is 0 Å². The van der Waals surface area contributed by atoms with E-state index in [2.05, 4.69) is 4.72 Å². The van der Waals surface area contributed by atoms with Crippen molar-refractivity contribution in [2.45, 2.75) is 19.0 Å². The molecular formula is C14H17N3O3S. The zero-order valence-corrected chi connectivity index (χ0v) is 12.4. The first kappa shape index (κ1) is 15.4. The molecule has 0 saturated heterocycles. The second-order valence-corrected chi connectivity index (χ2v) is 5.29. The van der Waals surface area contributed by atoms with E-state index < -0.39 is 12.0 Å². The highest BCUT2D eigenvalue weighted by atomic mass is 32.2. The van der Waals surface area contributed by atoms with Gasteiger partial charge in [0.05, 0.1) is 0 Å². The number of amides is 1. The first-order valence-corrected chi connectivity index (χ1v) is 7.62. The SMILES string of the molecule is CSNC(=O)Cn1cc(CC(N)C(=O)O)c2ccccc21. The number of carboxylic acid groups (broad SMARTS) is 1. The van der Waals surface area contributed by atoms with Gasteiger partial charge in [0.2, 0.25) is 5.91 Å². The average molecular weight is 307 g/mol. The van der Waals surface area contributed by atoms with Gasteiger partial charge in [0.1, 0.15) is 12.6 Å². The molecular weight excluding hydrogens is 290 g/mol. The molecule has 0 aliphatic carbocycles. The van der Waals surface area contributed by atoms with Crippen LogP contribution in [0.3, 0.4) is 0 Å². The minimum Gasteiger partial charge on any atom is -0.480 e. The largest absolute Gasteiger partial charge is 0.480 e. The van der Waals surface area contributed by atoms with E-state index in [4.69, 9.17) is 10.8 Å². The molecule has 2 aromatic rings. The monoisotopic (exact) mass is 307 g/mol. The molecule has 112 valence electrons. The number of nitrogens with zero attached hydrogens (tertiary/aromatic N) is 1. The highest BCUT2D eigenvalue weighted by Gasteiger charge is 2.17. The van der Waals surface area contributed by atoms with E-state index in [1.165, 1.54) is 11.9 Å². The zero-order chi connectivity index (χ0) is 15.4. The number of carbonyl (C=O) groups excluding carboxylic acids is 1. The smallest absolute Gasteiger partial charge is 0.320 e. The van der Waals surface area contributed by atoms with E-state index >= 15 is 0 Å². The third-order valence-electron chi connectivity index (χ3n) is 3.16. The molecule has 1 aromatic carbocycles. The topological polar surface area (TPSA) is 97.4 Å². The van der Waals surface area contributed by atoms with E-state index in [1.807, 2.05) is 28.8 Å². The third-order valence-corrected chi connectivity index (χ3v) is 3.59. The van der Waals surface area contributed by atoms with Gasteiger partial charge in [-0.3, -0.25) is 14.3 Å². The van der Waals surface area contributed by atoms with Crippen LogP contribution in [0.1, 0.15) is 5.56 Å². The molecule has 0 aliphatic rings. The maximum atomic E-state index is 11.7. The Morgan fingerprint density at radius 2 is 2.14 bits per heavy atom. The number of carboxylic acids is 1. The molecule has 0 aliphatic heterocycles. The summed E-state index contributed by atoms with van der Waals surface area (Å²) < 4.78 is 4.48. The summed E-state index contributed by atoms with van der Waals surface area (Å²) >= 11 is 1.25. The molecule has 1 heterocycles. The Kier molecular flexibility index (Phi) is 4.87. The summed E-state index contributed by atoms with van der Waals surface area (Å²) in [6.45, 7) is 0.184. The first-order chi connectivity index (χ1) is 10.0. The molecule has 0 spiro atoms. The summed E-state index contributed by atoms with van der Waals surface area (Å²) in [5.41, 5.74) is 7.33. The number of hydrogen-bond donors (Lipinski definition) is 3. The van der Waals surface area contributed by atoms with Crippen LogP contribution in [0, 0.1) is 0 Å². The fraction of sp³-hybridized carbons (Fsp3) is 0.286. The van der Waals surface area contributed by atoms with Crippen molar-refractivity contribution in [3.8, 4) is 0 Å². The van der Waals surface area contributed by atoms with Crippen molar-refractivity contribution in [3.63, 3.8) is 0 Å². The number of nitrogens with two attached hydrogens (primary N) is 1. The van der Waals surface area contributed by atoms with Crippen LogP contribution in [0.4, 0.5) is 0 Å². The molecule has 0 saturated carbocycles. The summed E-state index contributed by atoms with van der Waals surface area (Å²) in [5.74, 6) is -1.15. The predicted octanol–water partition coefficient (Wildman–Crippen LogP) is 0.990. The predicted molar refractivity (Wildman–Crippen MR) is 82.9 cm³/mol. The summed E-state index contributed by atoms with van der Waals surface area (Å²) in [6.07, 6.45) is 3.81. The molecule has 1 atom stereocenters. The Hall–Kier alpha value is -1.99. The lowest BCUT2D eigenvalue weighted by Gasteiger charge is -2.05. The molecule has 1 aromatic heterocycles. The van der Waals surface area contributed by atoms with Gasteiger partial charge in [-0.05, 0) is 11.6 Å². The van der Waals surface area contributed by atoms with Crippen LogP contribution >= 0.6 is 11.9 Å². The van der Waals surface area contributed by atoms with Crippen LogP contribution in [0.15, 0.2) is 30.5 Å². The van der Waals surface area contributed by atoms with Crippen molar-refractivity contribution in [1.29, 1.82) is 0 Å². The number of benzene rings is 1. The quantitative estimate of drug-likeness (QED) is 0.691. The van der Waals surface area contributed by atoms with E-state index in [1.54, 1.807) is 12.5 Å². The molecule has 0 fully saturated rings. The Balaban J connectivity index is 2.34. The van der Waals surface area contributed by atoms with Crippen molar-refractivity contribution in [2.24, 2.45) is 5.73 Å². The van der Waals surface area contributed by atoms with Gasteiger partial charge in [0, 0.05) is 29.8 Å². The maximum Gasteiger partial charge on any atom is 0.320 e. The number of aliphatic carboxylic acids is 1. The Bertz CT molecular complexity index is 669. The molecule has 21 heavy (non-hydrogen) atoms. The van der Waals surface area contributed by atoms with E-state index in [0.29, 0.717) is 0 Å². The third kappa shape index (κ3) is 3.56. The van der Waals surface area contributed by atoms with Gasteiger partial charge in [0.25, 0.3) is 0 Å². The van der Waals surface area contributed by atoms with E-state index in [-0.39, 0.29) is 18.9 Å². The van der Waals surface area contributed by atoms with Crippen LogP contribution in [0.25, 0.3) is 10.9 Å². The summed E-state index contributed by atoms with van der Waals surface area (Å²) in [5, 5.41) is 9.86. The van der Waals surface area contributed by atoms with Gasteiger partial charge in [-0.15, -0.1) is 0 Å². The first-order valence-electron chi connectivity index (χ1n) is 6.40. The lowest BCUT2D eigenvalue weighted by Crippen LogP contribution is -2.32. The van der Waals surface area contributed by atoms with Crippen LogP contribution < -0.4 is 10.5 Å². The van der Waals surface area contributed by atoms with Gasteiger partial charge < -0.3 is 15.4 Å². The standard InChI is InChI=1S/C14H17N3O3S/c1-21-16-13(18)8-17-7-9(6-11(15)14(19)20)10-4-2-3-5-12(10)17/h2-5,7,11H,6,8,15H2,1H3,(H,16,18)(H,19,20). The number of hydrogen-bond acceptors (Lipinski definition) is 4. The fourth-order valence-corrected chi connectivity index (χ4v) is 2.53. The normalized spacial score (nSPS) is 12.3. The number of carbonyl (C=O) groups is 2. The number of para-hydroxylation sites is 1. The van der Waals surface area contributed by atoms with Crippen LogP contribution in [-0.4, -0.2) is 33.8 Å². The van der Waals surface area contributed by atoms with Crippen LogP contribution in [0.5, 0.6) is 0 Å². The minimum atomic E-state index is -1.04. The Morgan fingerprint density at radius 3 is 2.81 bits per heavy atom. The molecule has 2 rings (SSSR count). The van der Waals surface area contributed by atoms with Crippen molar-refractivity contribution in [2.75, 3.05) is 6.26 Å². The van der Waals surface area contributed by atoms with Crippen molar-refractivity contribution in [1.82, 2.24) is 9.29 Å². The van der Waals surface area contributed by atoms with Crippen LogP contribution in [-0.2, 0) is 22.6 Å². The highest BCUT2D eigenvalue weighted by Crippen LogP contribution is 2.22. The number of fused-ring (bicyclic) bond motifs is 1. The highest BCUT2D eigenvalue weighted by molar-refractivity contribution is 7.97. The molecule has 4 N–H and O–H groups in total. The number of aromatic nitrogens is 1. The average Bonchev–Trinajstić information content (AvgIpc) is 2.77.